The predicted octanol–water partition coefficient (Wildman–Crippen LogP) is 1.35. The molecule has 1 aromatic rings. The van der Waals surface area contributed by atoms with Crippen LogP contribution < -0.4 is 5.32 Å². The van der Waals surface area contributed by atoms with Gasteiger partial charge in [-0.05, 0) is 18.6 Å². The Labute approximate surface area is 101 Å². The van der Waals surface area contributed by atoms with Crippen LogP contribution >= 0.6 is 0 Å². The molecule has 0 radical (unpaired) electrons. The lowest BCUT2D eigenvalue weighted by molar-refractivity contribution is -0.127. The van der Waals surface area contributed by atoms with Crippen LogP contribution in [-0.2, 0) is 4.79 Å². The van der Waals surface area contributed by atoms with E-state index in [0.29, 0.717) is 0 Å². The van der Waals surface area contributed by atoms with Crippen molar-refractivity contribution in [1.29, 1.82) is 0 Å². The van der Waals surface area contributed by atoms with Gasteiger partial charge in [-0.1, -0.05) is 6.92 Å². The summed E-state index contributed by atoms with van der Waals surface area (Å²) in [7, 11) is 3.42. The van der Waals surface area contributed by atoms with Gasteiger partial charge in [0.2, 0.25) is 5.91 Å². The van der Waals surface area contributed by atoms with Gasteiger partial charge in [-0.2, -0.15) is 0 Å². The second-order valence-corrected chi connectivity index (χ2v) is 4.03. The van der Waals surface area contributed by atoms with Gasteiger partial charge in [0.1, 0.15) is 5.82 Å². The van der Waals surface area contributed by atoms with E-state index < -0.39 is 0 Å². The molecule has 0 aromatic carbocycles. The maximum absolute atomic E-state index is 12.7. The molecule has 1 N–H and O–H groups in total. The van der Waals surface area contributed by atoms with E-state index in [1.54, 1.807) is 20.2 Å². The number of aromatic nitrogens is 1. The van der Waals surface area contributed by atoms with Crippen LogP contribution in [0.3, 0.4) is 0 Å². The lowest BCUT2D eigenvalue weighted by Crippen LogP contribution is -2.35. The van der Waals surface area contributed by atoms with Crippen molar-refractivity contribution >= 4 is 5.91 Å². The third-order valence-corrected chi connectivity index (χ3v) is 2.51. The van der Waals surface area contributed by atoms with Gasteiger partial charge in [-0.15, -0.1) is 0 Å². The van der Waals surface area contributed by atoms with Crippen molar-refractivity contribution in [3.8, 4) is 0 Å². The average molecular weight is 239 g/mol. The third-order valence-electron chi connectivity index (χ3n) is 2.51. The normalized spacial score (nSPS) is 12.2. The highest BCUT2D eigenvalue weighted by molar-refractivity contribution is 5.77. The fraction of sp³-hybridized carbons (Fsp3) is 0.500. The van der Waals surface area contributed by atoms with Crippen molar-refractivity contribution in [2.45, 2.75) is 19.4 Å². The number of nitrogens with one attached hydrogen (secondary N) is 1. The summed E-state index contributed by atoms with van der Waals surface area (Å²) in [5, 5.41) is 3.11. The largest absolute Gasteiger partial charge is 0.348 e. The first-order chi connectivity index (χ1) is 8.04. The topological polar surface area (TPSA) is 45.2 Å². The number of hydrogen-bond acceptors (Lipinski definition) is 3. The van der Waals surface area contributed by atoms with E-state index in [2.05, 4.69) is 10.3 Å². The standard InChI is InChI=1S/C12H18FN3O/c1-4-10(15-8-12(17)16(2)3)11-6-5-9(13)7-14-11/h5-7,10,15H,4,8H2,1-3H3. The molecule has 1 unspecified atom stereocenters. The van der Waals surface area contributed by atoms with Crippen molar-refractivity contribution in [1.82, 2.24) is 15.2 Å². The minimum absolute atomic E-state index is 0.00515. The number of rotatable bonds is 5. The highest BCUT2D eigenvalue weighted by atomic mass is 19.1. The minimum Gasteiger partial charge on any atom is -0.348 e. The molecule has 0 aliphatic heterocycles. The second-order valence-electron chi connectivity index (χ2n) is 4.03. The summed E-state index contributed by atoms with van der Waals surface area (Å²) < 4.78 is 12.7. The number of halogens is 1. The van der Waals surface area contributed by atoms with Gasteiger partial charge >= 0.3 is 0 Å². The van der Waals surface area contributed by atoms with Crippen LogP contribution in [0.1, 0.15) is 25.1 Å². The molecule has 0 aliphatic carbocycles. The third kappa shape index (κ3) is 4.11. The van der Waals surface area contributed by atoms with Gasteiger partial charge < -0.3 is 10.2 Å². The predicted molar refractivity (Wildman–Crippen MR) is 63.9 cm³/mol. The molecule has 1 aromatic heterocycles. The molecule has 1 rings (SSSR count). The molecule has 1 heterocycles. The number of amides is 1. The number of likely N-dealkylation sites (N-methyl/N-ethyl adjacent to an activating group) is 1. The fourth-order valence-electron chi connectivity index (χ4n) is 1.42. The monoisotopic (exact) mass is 239 g/mol. The summed E-state index contributed by atoms with van der Waals surface area (Å²) >= 11 is 0. The first-order valence-corrected chi connectivity index (χ1v) is 5.59. The number of nitrogens with zero attached hydrogens (tertiary/aromatic N) is 2. The summed E-state index contributed by atoms with van der Waals surface area (Å²) in [4.78, 5) is 17.0. The van der Waals surface area contributed by atoms with Crippen molar-refractivity contribution in [2.75, 3.05) is 20.6 Å². The second kappa shape index (κ2) is 6.30. The van der Waals surface area contributed by atoms with Crippen LogP contribution in [-0.4, -0.2) is 36.4 Å². The van der Waals surface area contributed by atoms with Crippen LogP contribution in [0.25, 0.3) is 0 Å². The van der Waals surface area contributed by atoms with E-state index in [1.165, 1.54) is 17.2 Å². The molecule has 0 spiro atoms. The Morgan fingerprint density at radius 3 is 2.71 bits per heavy atom. The molecule has 5 heteroatoms. The Balaban J connectivity index is 2.60. The molecule has 1 atom stereocenters. The lowest BCUT2D eigenvalue weighted by atomic mass is 10.1. The molecule has 0 aliphatic rings. The molecule has 0 bridgehead atoms. The molecule has 0 saturated heterocycles. The van der Waals surface area contributed by atoms with Gasteiger partial charge in [0.15, 0.2) is 0 Å². The molecule has 94 valence electrons. The van der Waals surface area contributed by atoms with E-state index in [1.807, 2.05) is 6.92 Å². The summed E-state index contributed by atoms with van der Waals surface area (Å²) in [6.45, 7) is 2.24. The van der Waals surface area contributed by atoms with Crippen LogP contribution in [0, 0.1) is 5.82 Å². The van der Waals surface area contributed by atoms with Crippen LogP contribution in [0.4, 0.5) is 4.39 Å². The zero-order valence-electron chi connectivity index (χ0n) is 10.4. The van der Waals surface area contributed by atoms with Crippen LogP contribution in [0.15, 0.2) is 18.3 Å². The van der Waals surface area contributed by atoms with Gasteiger partial charge in [-0.3, -0.25) is 9.78 Å². The van der Waals surface area contributed by atoms with E-state index in [-0.39, 0.29) is 24.3 Å². The molecular weight excluding hydrogens is 221 g/mol. The smallest absolute Gasteiger partial charge is 0.236 e. The maximum atomic E-state index is 12.7. The summed E-state index contributed by atoms with van der Waals surface area (Å²) in [6, 6.07) is 2.98. The van der Waals surface area contributed by atoms with Gasteiger partial charge in [0.25, 0.3) is 0 Å². The number of carbonyl (C=O) groups excluding carboxylic acids is 1. The molecule has 1 amide bonds. The summed E-state index contributed by atoms with van der Waals surface area (Å²) in [5.74, 6) is -0.349. The molecular formula is C12H18FN3O. The molecule has 4 nitrogen and oxygen atoms in total. The van der Waals surface area contributed by atoms with Gasteiger partial charge in [0.05, 0.1) is 18.4 Å². The molecule has 0 fully saturated rings. The Kier molecular flexibility index (Phi) is 5.03. The van der Waals surface area contributed by atoms with E-state index in [9.17, 15) is 9.18 Å². The maximum Gasteiger partial charge on any atom is 0.236 e. The lowest BCUT2D eigenvalue weighted by Gasteiger charge is -2.17. The van der Waals surface area contributed by atoms with Crippen molar-refractivity contribution < 1.29 is 9.18 Å². The SMILES string of the molecule is CCC(NCC(=O)N(C)C)c1ccc(F)cn1. The van der Waals surface area contributed by atoms with Gasteiger partial charge in [0, 0.05) is 20.1 Å². The van der Waals surface area contributed by atoms with Crippen molar-refractivity contribution in [2.24, 2.45) is 0 Å². The Hall–Kier alpha value is -1.49. The zero-order chi connectivity index (χ0) is 12.8. The number of carbonyl (C=O) groups is 1. The summed E-state index contributed by atoms with van der Waals surface area (Å²) in [5.41, 5.74) is 0.750. The van der Waals surface area contributed by atoms with Crippen LogP contribution in [0.2, 0.25) is 0 Å². The average Bonchev–Trinajstić information content (AvgIpc) is 2.31. The van der Waals surface area contributed by atoms with Crippen molar-refractivity contribution in [3.05, 3.63) is 29.8 Å². The first kappa shape index (κ1) is 13.6. The Morgan fingerprint density at radius 2 is 2.24 bits per heavy atom. The van der Waals surface area contributed by atoms with Gasteiger partial charge in [-0.25, -0.2) is 4.39 Å². The molecule has 0 saturated carbocycles. The number of pyridine rings is 1. The highest BCUT2D eigenvalue weighted by Crippen LogP contribution is 2.13. The number of hydrogen-bond donors (Lipinski definition) is 1. The highest BCUT2D eigenvalue weighted by Gasteiger charge is 2.12. The van der Waals surface area contributed by atoms with Crippen LogP contribution in [0.5, 0.6) is 0 Å². The Bertz CT molecular complexity index is 365. The van der Waals surface area contributed by atoms with E-state index >= 15 is 0 Å². The quantitative estimate of drug-likeness (QED) is 0.843. The Morgan fingerprint density at radius 1 is 1.53 bits per heavy atom. The summed E-state index contributed by atoms with van der Waals surface area (Å²) in [6.07, 6.45) is 1.98. The first-order valence-electron chi connectivity index (χ1n) is 5.59. The van der Waals surface area contributed by atoms with E-state index in [4.69, 9.17) is 0 Å². The van der Waals surface area contributed by atoms with Crippen molar-refractivity contribution in [3.63, 3.8) is 0 Å². The van der Waals surface area contributed by atoms with E-state index in [0.717, 1.165) is 12.1 Å². The zero-order valence-corrected chi connectivity index (χ0v) is 10.4. The minimum atomic E-state index is -0.354. The fourth-order valence-corrected chi connectivity index (χ4v) is 1.42. The molecule has 17 heavy (non-hydrogen) atoms.